The maximum Gasteiger partial charge on any atom is 0.303 e. The summed E-state index contributed by atoms with van der Waals surface area (Å²) in [5.74, 6) is -1.03. The van der Waals surface area contributed by atoms with Crippen LogP contribution in [0.3, 0.4) is 0 Å². The summed E-state index contributed by atoms with van der Waals surface area (Å²) in [6, 6.07) is 16.3. The lowest BCUT2D eigenvalue weighted by atomic mass is 10.0. The number of carbonyl (C=O) groups excluding carboxylic acids is 1. The molecule has 6 heteroatoms. The average Bonchev–Trinajstić information content (AvgIpc) is 2.89. The number of carboxylic acid groups (broad SMARTS) is 1. The molecular weight excluding hydrogens is 378 g/mol. The zero-order valence-electron chi connectivity index (χ0n) is 14.8. The molecule has 1 amide bonds. The first kappa shape index (κ1) is 19.3. The first-order valence-electron chi connectivity index (χ1n) is 8.58. The normalized spacial score (nSPS) is 15.6. The maximum atomic E-state index is 12.6. The fraction of sp³-hybridized carbons (Fsp3) is 0.190. The van der Waals surface area contributed by atoms with Crippen molar-refractivity contribution < 1.29 is 14.7 Å². The number of carbonyl (C=O) groups is 2. The second-order valence-electron chi connectivity index (χ2n) is 6.32. The van der Waals surface area contributed by atoms with Crippen LogP contribution in [0.25, 0.3) is 17.2 Å². The van der Waals surface area contributed by atoms with Gasteiger partial charge < -0.3 is 5.11 Å². The van der Waals surface area contributed by atoms with E-state index in [0.29, 0.717) is 22.2 Å². The van der Waals surface area contributed by atoms with Crippen molar-refractivity contribution in [2.75, 3.05) is 6.54 Å². The van der Waals surface area contributed by atoms with Crippen LogP contribution in [-0.4, -0.2) is 32.7 Å². The summed E-state index contributed by atoms with van der Waals surface area (Å²) < 4.78 is 0.478. The third kappa shape index (κ3) is 4.84. The Kier molecular flexibility index (Phi) is 6.08. The molecule has 138 valence electrons. The summed E-state index contributed by atoms with van der Waals surface area (Å²) >= 11 is 6.54. The highest BCUT2D eigenvalue weighted by atomic mass is 32.2. The van der Waals surface area contributed by atoms with Crippen molar-refractivity contribution in [3.05, 3.63) is 64.6 Å². The highest BCUT2D eigenvalue weighted by molar-refractivity contribution is 8.26. The Morgan fingerprint density at radius 1 is 1.19 bits per heavy atom. The molecular formula is C21H19NO3S2. The smallest absolute Gasteiger partial charge is 0.303 e. The van der Waals surface area contributed by atoms with Crippen LogP contribution in [0.5, 0.6) is 0 Å². The molecule has 1 heterocycles. The van der Waals surface area contributed by atoms with Crippen LogP contribution in [-0.2, 0) is 9.59 Å². The first-order chi connectivity index (χ1) is 12.9. The standard InChI is InChI=1S/C21H19NO3S2/c1-14-7-9-16(10-8-14)17-5-2-4-15(12-17)13-18-20(25)22(21(26)27-18)11-3-6-19(23)24/h2,4-5,7-10,12-13H,3,6,11H2,1H3,(H,23,24)/b18-13-. The van der Waals surface area contributed by atoms with Gasteiger partial charge in [-0.2, -0.15) is 0 Å². The van der Waals surface area contributed by atoms with Gasteiger partial charge in [0, 0.05) is 13.0 Å². The van der Waals surface area contributed by atoms with Crippen LogP contribution in [0.1, 0.15) is 24.0 Å². The van der Waals surface area contributed by atoms with Crippen LogP contribution in [0, 0.1) is 6.92 Å². The van der Waals surface area contributed by atoms with E-state index in [4.69, 9.17) is 17.3 Å². The summed E-state index contributed by atoms with van der Waals surface area (Å²) in [6.07, 6.45) is 2.25. The van der Waals surface area contributed by atoms with Crippen LogP contribution >= 0.6 is 24.0 Å². The molecule has 0 unspecified atom stereocenters. The lowest BCUT2D eigenvalue weighted by molar-refractivity contribution is -0.137. The number of hydrogen-bond donors (Lipinski definition) is 1. The van der Waals surface area contributed by atoms with Gasteiger partial charge in [-0.1, -0.05) is 72.0 Å². The predicted octanol–water partition coefficient (Wildman–Crippen LogP) is 4.73. The van der Waals surface area contributed by atoms with Crippen molar-refractivity contribution in [1.29, 1.82) is 0 Å². The number of carboxylic acids is 1. The van der Waals surface area contributed by atoms with Crippen molar-refractivity contribution >= 4 is 46.3 Å². The Labute approximate surface area is 167 Å². The molecule has 0 aliphatic carbocycles. The van der Waals surface area contributed by atoms with E-state index >= 15 is 0 Å². The highest BCUT2D eigenvalue weighted by Gasteiger charge is 2.31. The Hall–Kier alpha value is -2.44. The zero-order valence-corrected chi connectivity index (χ0v) is 16.5. The number of aryl methyl sites for hydroxylation is 1. The summed E-state index contributed by atoms with van der Waals surface area (Å²) in [6.45, 7) is 2.39. The number of amides is 1. The minimum absolute atomic E-state index is 0.0225. The van der Waals surface area contributed by atoms with Gasteiger partial charge in [-0.15, -0.1) is 0 Å². The van der Waals surface area contributed by atoms with Crippen LogP contribution in [0.15, 0.2) is 53.4 Å². The van der Waals surface area contributed by atoms with Crippen molar-refractivity contribution in [2.24, 2.45) is 0 Å². The van der Waals surface area contributed by atoms with Crippen LogP contribution in [0.4, 0.5) is 0 Å². The quantitative estimate of drug-likeness (QED) is 0.564. The van der Waals surface area contributed by atoms with Crippen molar-refractivity contribution in [1.82, 2.24) is 4.90 Å². The number of aliphatic carboxylic acids is 1. The largest absolute Gasteiger partial charge is 0.481 e. The first-order valence-corrected chi connectivity index (χ1v) is 9.81. The van der Waals surface area contributed by atoms with Crippen molar-refractivity contribution in [3.8, 4) is 11.1 Å². The van der Waals surface area contributed by atoms with E-state index in [-0.39, 0.29) is 12.3 Å². The lowest BCUT2D eigenvalue weighted by Crippen LogP contribution is -2.29. The van der Waals surface area contributed by atoms with Gasteiger partial charge >= 0.3 is 5.97 Å². The van der Waals surface area contributed by atoms with Crippen LogP contribution in [0.2, 0.25) is 0 Å². The molecule has 2 aromatic carbocycles. The maximum absolute atomic E-state index is 12.6. The van der Waals surface area contributed by atoms with Gasteiger partial charge in [0.05, 0.1) is 4.91 Å². The van der Waals surface area contributed by atoms with Gasteiger partial charge in [0.1, 0.15) is 4.32 Å². The Morgan fingerprint density at radius 3 is 2.63 bits per heavy atom. The van der Waals surface area contributed by atoms with E-state index in [0.717, 1.165) is 16.7 Å². The molecule has 2 aromatic rings. The summed E-state index contributed by atoms with van der Waals surface area (Å²) in [5.41, 5.74) is 4.35. The molecule has 0 spiro atoms. The van der Waals surface area contributed by atoms with Gasteiger partial charge in [-0.25, -0.2) is 0 Å². The molecule has 4 nitrogen and oxygen atoms in total. The number of thiocarbonyl (C=S) groups is 1. The fourth-order valence-corrected chi connectivity index (χ4v) is 4.10. The molecule has 0 radical (unpaired) electrons. The minimum Gasteiger partial charge on any atom is -0.481 e. The van der Waals surface area contributed by atoms with Crippen LogP contribution < -0.4 is 0 Å². The number of rotatable bonds is 6. The average molecular weight is 398 g/mol. The van der Waals surface area contributed by atoms with Crippen molar-refractivity contribution in [2.45, 2.75) is 19.8 Å². The summed E-state index contributed by atoms with van der Waals surface area (Å²) in [5, 5.41) is 8.75. The van der Waals surface area contributed by atoms with E-state index in [2.05, 4.69) is 31.2 Å². The fourth-order valence-electron chi connectivity index (χ4n) is 2.79. The third-order valence-electron chi connectivity index (χ3n) is 4.22. The van der Waals surface area contributed by atoms with E-state index in [1.807, 2.05) is 30.3 Å². The van der Waals surface area contributed by atoms with E-state index in [1.54, 1.807) is 0 Å². The topological polar surface area (TPSA) is 57.6 Å². The second-order valence-corrected chi connectivity index (χ2v) is 8.00. The van der Waals surface area contributed by atoms with Gasteiger partial charge in [0.25, 0.3) is 5.91 Å². The number of benzene rings is 2. The van der Waals surface area contributed by atoms with E-state index < -0.39 is 5.97 Å². The molecule has 1 fully saturated rings. The second kappa shape index (κ2) is 8.50. The molecule has 0 atom stereocenters. The van der Waals surface area contributed by atoms with Gasteiger partial charge in [-0.3, -0.25) is 14.5 Å². The lowest BCUT2D eigenvalue weighted by Gasteiger charge is -2.13. The summed E-state index contributed by atoms with van der Waals surface area (Å²) in [7, 11) is 0. The Balaban J connectivity index is 1.77. The number of hydrogen-bond acceptors (Lipinski definition) is 4. The molecule has 1 saturated heterocycles. The zero-order chi connectivity index (χ0) is 19.4. The highest BCUT2D eigenvalue weighted by Crippen LogP contribution is 2.33. The van der Waals surface area contributed by atoms with E-state index in [1.165, 1.54) is 22.2 Å². The molecule has 27 heavy (non-hydrogen) atoms. The predicted molar refractivity (Wildman–Crippen MR) is 113 cm³/mol. The SMILES string of the molecule is Cc1ccc(-c2cccc(/C=C3\SC(=S)N(CCCC(=O)O)C3=O)c2)cc1. The third-order valence-corrected chi connectivity index (χ3v) is 5.59. The molecule has 1 aliphatic heterocycles. The molecule has 0 aromatic heterocycles. The van der Waals surface area contributed by atoms with Gasteiger partial charge in [-0.05, 0) is 42.2 Å². The monoisotopic (exact) mass is 397 g/mol. The van der Waals surface area contributed by atoms with Gasteiger partial charge in [0.15, 0.2) is 0 Å². The number of nitrogens with zero attached hydrogens (tertiary/aromatic N) is 1. The molecule has 0 saturated carbocycles. The number of thioether (sulfide) groups is 1. The summed E-state index contributed by atoms with van der Waals surface area (Å²) in [4.78, 5) is 25.3. The molecule has 1 N–H and O–H groups in total. The van der Waals surface area contributed by atoms with Crippen molar-refractivity contribution in [3.63, 3.8) is 0 Å². The van der Waals surface area contributed by atoms with Gasteiger partial charge in [0.2, 0.25) is 0 Å². The minimum atomic E-state index is -0.871. The van der Waals surface area contributed by atoms with E-state index in [9.17, 15) is 9.59 Å². The molecule has 0 bridgehead atoms. The Bertz CT molecular complexity index is 919. The molecule has 3 rings (SSSR count). The Morgan fingerprint density at radius 2 is 1.93 bits per heavy atom. The molecule has 1 aliphatic rings.